The van der Waals surface area contributed by atoms with Crippen LogP contribution >= 0.6 is 0 Å². The largest absolute Gasteiger partial charge is 0.376 e. The van der Waals surface area contributed by atoms with Crippen molar-refractivity contribution in [2.75, 3.05) is 13.2 Å². The van der Waals surface area contributed by atoms with Gasteiger partial charge in [0.2, 0.25) is 0 Å². The monoisotopic (exact) mass is 309 g/mol. The molecule has 2 rings (SSSR count). The fraction of sp³-hybridized carbons (Fsp3) is 1.00. The van der Waals surface area contributed by atoms with Gasteiger partial charge in [0.05, 0.1) is 12.7 Å². The molecule has 1 heterocycles. The van der Waals surface area contributed by atoms with Crippen LogP contribution in [0.15, 0.2) is 0 Å². The summed E-state index contributed by atoms with van der Waals surface area (Å²) < 4.78 is 5.96. The molecule has 0 bridgehead atoms. The fourth-order valence-corrected chi connectivity index (χ4v) is 4.37. The van der Waals surface area contributed by atoms with E-state index >= 15 is 0 Å². The van der Waals surface area contributed by atoms with Crippen molar-refractivity contribution in [1.82, 2.24) is 4.90 Å². The minimum absolute atomic E-state index is 0.425. The number of ether oxygens (including phenoxy) is 1. The molecule has 0 aromatic rings. The van der Waals surface area contributed by atoms with Crippen molar-refractivity contribution < 1.29 is 4.74 Å². The second-order valence-corrected chi connectivity index (χ2v) is 7.70. The summed E-state index contributed by atoms with van der Waals surface area (Å²) in [6.07, 6.45) is 19.0. The maximum absolute atomic E-state index is 5.96. The number of hydrogen-bond acceptors (Lipinski definition) is 2. The number of rotatable bonds is 3. The van der Waals surface area contributed by atoms with Gasteiger partial charge in [0.15, 0.2) is 0 Å². The Labute approximate surface area is 139 Å². The number of morpholine rings is 1. The lowest BCUT2D eigenvalue weighted by Crippen LogP contribution is -2.53. The zero-order chi connectivity index (χ0) is 15.6. The predicted octanol–water partition coefficient (Wildman–Crippen LogP) is 5.55. The first-order valence-corrected chi connectivity index (χ1v) is 10.2. The molecule has 2 unspecified atom stereocenters. The van der Waals surface area contributed by atoms with E-state index in [1.54, 1.807) is 0 Å². The molecule has 22 heavy (non-hydrogen) atoms. The van der Waals surface area contributed by atoms with Crippen molar-refractivity contribution in [3.05, 3.63) is 0 Å². The van der Waals surface area contributed by atoms with Crippen LogP contribution in [-0.2, 0) is 4.74 Å². The maximum atomic E-state index is 5.96. The van der Waals surface area contributed by atoms with Gasteiger partial charge in [0.25, 0.3) is 0 Å². The van der Waals surface area contributed by atoms with Crippen molar-refractivity contribution in [3.8, 4) is 0 Å². The summed E-state index contributed by atoms with van der Waals surface area (Å²) in [6, 6.07) is 1.50. The average Bonchev–Trinajstić information content (AvgIpc) is 2.50. The molecule has 1 aliphatic carbocycles. The summed E-state index contributed by atoms with van der Waals surface area (Å²) >= 11 is 0. The first-order valence-electron chi connectivity index (χ1n) is 10.2. The van der Waals surface area contributed by atoms with Gasteiger partial charge in [-0.25, -0.2) is 0 Å². The molecule has 0 amide bonds. The molecule has 1 aliphatic heterocycles. The standard InChI is InChI=1S/C20H39NO/c1-3-13-20-17-22-18(2)16-21(20)19-14-11-9-7-5-4-6-8-10-12-15-19/h18-20H,3-17H2,1-2H3. The number of hydrogen-bond donors (Lipinski definition) is 0. The first kappa shape index (κ1) is 18.3. The summed E-state index contributed by atoms with van der Waals surface area (Å²) in [6.45, 7) is 6.70. The van der Waals surface area contributed by atoms with Gasteiger partial charge in [0, 0.05) is 18.6 Å². The SMILES string of the molecule is CCCC1COC(C)CN1C1CCCCCCCCCCC1. The normalized spacial score (nSPS) is 31.4. The number of nitrogens with zero attached hydrogens (tertiary/aromatic N) is 1. The van der Waals surface area contributed by atoms with Crippen LogP contribution in [-0.4, -0.2) is 36.2 Å². The zero-order valence-corrected chi connectivity index (χ0v) is 15.2. The van der Waals surface area contributed by atoms with Crippen molar-refractivity contribution in [3.63, 3.8) is 0 Å². The third kappa shape index (κ3) is 6.20. The highest BCUT2D eigenvalue weighted by molar-refractivity contribution is 4.84. The molecular formula is C20H39NO. The second-order valence-electron chi connectivity index (χ2n) is 7.70. The molecule has 0 aromatic carbocycles. The summed E-state index contributed by atoms with van der Waals surface area (Å²) in [7, 11) is 0. The van der Waals surface area contributed by atoms with E-state index in [2.05, 4.69) is 18.7 Å². The second kappa shape index (κ2) is 10.6. The van der Waals surface area contributed by atoms with Gasteiger partial charge in [-0.3, -0.25) is 4.90 Å². The summed E-state index contributed by atoms with van der Waals surface area (Å²) in [5, 5.41) is 0. The molecule has 2 aliphatic rings. The quantitative estimate of drug-likeness (QED) is 0.677. The highest BCUT2D eigenvalue weighted by Gasteiger charge is 2.31. The lowest BCUT2D eigenvalue weighted by molar-refractivity contribution is -0.0768. The first-order chi connectivity index (χ1) is 10.8. The smallest absolute Gasteiger partial charge is 0.0674 e. The van der Waals surface area contributed by atoms with E-state index in [-0.39, 0.29) is 0 Å². The van der Waals surface area contributed by atoms with E-state index in [1.165, 1.54) is 83.5 Å². The van der Waals surface area contributed by atoms with Crippen molar-refractivity contribution >= 4 is 0 Å². The maximum Gasteiger partial charge on any atom is 0.0674 e. The Balaban J connectivity index is 1.92. The molecular weight excluding hydrogens is 270 g/mol. The van der Waals surface area contributed by atoms with Gasteiger partial charge in [0.1, 0.15) is 0 Å². The molecule has 0 N–H and O–H groups in total. The molecule has 2 fully saturated rings. The van der Waals surface area contributed by atoms with Gasteiger partial charge in [-0.2, -0.15) is 0 Å². The van der Waals surface area contributed by atoms with Crippen LogP contribution in [0.25, 0.3) is 0 Å². The van der Waals surface area contributed by atoms with E-state index in [9.17, 15) is 0 Å². The van der Waals surface area contributed by atoms with Crippen molar-refractivity contribution in [2.24, 2.45) is 0 Å². The third-order valence-corrected chi connectivity index (χ3v) is 5.68. The highest BCUT2D eigenvalue weighted by atomic mass is 16.5. The average molecular weight is 310 g/mol. The molecule has 0 aromatic heterocycles. The molecule has 2 nitrogen and oxygen atoms in total. The van der Waals surface area contributed by atoms with Crippen molar-refractivity contribution in [1.29, 1.82) is 0 Å². The van der Waals surface area contributed by atoms with E-state index in [1.807, 2.05) is 0 Å². The zero-order valence-electron chi connectivity index (χ0n) is 15.2. The lowest BCUT2D eigenvalue weighted by atomic mass is 9.94. The lowest BCUT2D eigenvalue weighted by Gasteiger charge is -2.44. The summed E-state index contributed by atoms with van der Waals surface area (Å²) in [5.74, 6) is 0. The van der Waals surface area contributed by atoms with Crippen LogP contribution in [0, 0.1) is 0 Å². The van der Waals surface area contributed by atoms with Crippen LogP contribution in [0.3, 0.4) is 0 Å². The van der Waals surface area contributed by atoms with Gasteiger partial charge in [-0.1, -0.05) is 71.1 Å². The van der Waals surface area contributed by atoms with Crippen molar-refractivity contribution in [2.45, 2.75) is 116 Å². The Morgan fingerprint density at radius 3 is 1.95 bits per heavy atom. The van der Waals surface area contributed by atoms with Crippen LogP contribution < -0.4 is 0 Å². The van der Waals surface area contributed by atoms with Crippen LogP contribution in [0.2, 0.25) is 0 Å². The highest BCUT2D eigenvalue weighted by Crippen LogP contribution is 2.26. The molecule has 130 valence electrons. The van der Waals surface area contributed by atoms with E-state index in [4.69, 9.17) is 4.74 Å². The van der Waals surface area contributed by atoms with Gasteiger partial charge in [-0.05, 0) is 26.2 Å². The predicted molar refractivity (Wildman–Crippen MR) is 95.4 cm³/mol. The van der Waals surface area contributed by atoms with E-state index in [0.717, 1.165) is 19.2 Å². The molecule has 2 atom stereocenters. The van der Waals surface area contributed by atoms with Gasteiger partial charge < -0.3 is 4.74 Å². The third-order valence-electron chi connectivity index (χ3n) is 5.68. The Hall–Kier alpha value is -0.0800. The van der Waals surface area contributed by atoms with Gasteiger partial charge in [-0.15, -0.1) is 0 Å². The Bertz CT molecular complexity index is 269. The topological polar surface area (TPSA) is 12.5 Å². The molecule has 0 spiro atoms. The summed E-state index contributed by atoms with van der Waals surface area (Å²) in [4.78, 5) is 2.85. The van der Waals surface area contributed by atoms with Crippen LogP contribution in [0.4, 0.5) is 0 Å². The summed E-state index contributed by atoms with van der Waals surface area (Å²) in [5.41, 5.74) is 0. The molecule has 1 saturated heterocycles. The molecule has 0 radical (unpaired) electrons. The Kier molecular flexibility index (Phi) is 8.84. The Morgan fingerprint density at radius 2 is 1.41 bits per heavy atom. The van der Waals surface area contributed by atoms with Gasteiger partial charge >= 0.3 is 0 Å². The minimum Gasteiger partial charge on any atom is -0.376 e. The Morgan fingerprint density at radius 1 is 0.864 bits per heavy atom. The molecule has 1 saturated carbocycles. The molecule has 2 heteroatoms. The minimum atomic E-state index is 0.425. The van der Waals surface area contributed by atoms with Crippen LogP contribution in [0.5, 0.6) is 0 Å². The van der Waals surface area contributed by atoms with E-state index in [0.29, 0.717) is 12.1 Å². The van der Waals surface area contributed by atoms with Crippen LogP contribution in [0.1, 0.15) is 97.3 Å². The van der Waals surface area contributed by atoms with E-state index < -0.39 is 0 Å². The fourth-order valence-electron chi connectivity index (χ4n) is 4.37.